The molecule has 0 amide bonds. The highest BCUT2D eigenvalue weighted by atomic mass is 16.5. The van der Waals surface area contributed by atoms with Gasteiger partial charge in [-0.25, -0.2) is 0 Å². The van der Waals surface area contributed by atoms with Crippen LogP contribution in [0.15, 0.2) is 30.4 Å². The van der Waals surface area contributed by atoms with E-state index in [4.69, 9.17) is 20.3 Å². The average molecular weight is 260 g/mol. The summed E-state index contributed by atoms with van der Waals surface area (Å²) in [7, 11) is 0. The lowest BCUT2D eigenvalue weighted by Crippen LogP contribution is -2.14. The Morgan fingerprint density at radius 1 is 1.26 bits per heavy atom. The van der Waals surface area contributed by atoms with Gasteiger partial charge in [0.1, 0.15) is 5.75 Å². The van der Waals surface area contributed by atoms with Gasteiger partial charge in [-0.15, -0.1) is 0 Å². The third kappa shape index (κ3) is 4.25. The summed E-state index contributed by atoms with van der Waals surface area (Å²) in [4.78, 5) is 0. The van der Waals surface area contributed by atoms with E-state index < -0.39 is 0 Å². The topological polar surface area (TPSA) is 66.2 Å². The van der Waals surface area contributed by atoms with Gasteiger partial charge in [0.05, 0.1) is 6.10 Å². The lowest BCUT2D eigenvalue weighted by molar-refractivity contribution is 0.227. The molecule has 19 heavy (non-hydrogen) atoms. The van der Waals surface area contributed by atoms with Gasteiger partial charge in [-0.3, -0.25) is 10.8 Å². The molecule has 0 spiro atoms. The number of rotatable bonds is 4. The van der Waals surface area contributed by atoms with Gasteiger partial charge < -0.3 is 9.47 Å². The van der Waals surface area contributed by atoms with Gasteiger partial charge in [-0.1, -0.05) is 12.6 Å². The summed E-state index contributed by atoms with van der Waals surface area (Å²) in [5.41, 5.74) is 2.15. The summed E-state index contributed by atoms with van der Waals surface area (Å²) in [5.74, 6) is 0.636. The minimum atomic E-state index is -0.0507. The summed E-state index contributed by atoms with van der Waals surface area (Å²) >= 11 is 0. The summed E-state index contributed by atoms with van der Waals surface area (Å²) in [6.07, 6.45) is -0.0507. The van der Waals surface area contributed by atoms with Gasteiger partial charge in [0, 0.05) is 11.1 Å². The van der Waals surface area contributed by atoms with Crippen LogP contribution >= 0.6 is 0 Å². The Kier molecular flexibility index (Phi) is 4.87. The molecule has 1 aromatic carbocycles. The number of aryl methyl sites for hydroxylation is 1. The fraction of sp³-hybridized carbons (Fsp3) is 0.333. The smallest absolute Gasteiger partial charge is 0.214 e. The van der Waals surface area contributed by atoms with Crippen LogP contribution in [-0.4, -0.2) is 17.9 Å². The zero-order chi connectivity index (χ0) is 14.6. The third-order valence-corrected chi connectivity index (χ3v) is 2.41. The molecule has 0 aromatic heterocycles. The second-order valence-corrected chi connectivity index (χ2v) is 4.68. The van der Waals surface area contributed by atoms with E-state index in [9.17, 15) is 0 Å². The van der Waals surface area contributed by atoms with Crippen molar-refractivity contribution in [3.8, 4) is 5.75 Å². The maximum atomic E-state index is 7.92. The molecule has 0 saturated carbocycles. The highest BCUT2D eigenvalue weighted by Crippen LogP contribution is 2.19. The number of ether oxygens (including phenoxy) is 2. The van der Waals surface area contributed by atoms with Crippen LogP contribution in [0.3, 0.4) is 0 Å². The number of benzene rings is 1. The van der Waals surface area contributed by atoms with Gasteiger partial charge in [-0.2, -0.15) is 0 Å². The van der Waals surface area contributed by atoms with Crippen molar-refractivity contribution in [1.82, 2.24) is 0 Å². The normalized spacial score (nSPS) is 10.2. The Bertz CT molecular complexity index is 519. The number of nitrogens with one attached hydrogen (secondary N) is 2. The number of hydrogen-bond donors (Lipinski definition) is 2. The van der Waals surface area contributed by atoms with Crippen LogP contribution in [0, 0.1) is 17.7 Å². The Balaban J connectivity index is 2.97. The Labute approximate surface area is 114 Å². The Hall–Kier alpha value is -2.10. The van der Waals surface area contributed by atoms with E-state index in [2.05, 4.69) is 6.58 Å². The summed E-state index contributed by atoms with van der Waals surface area (Å²) in [6, 6.07) is 5.31. The lowest BCUT2D eigenvalue weighted by Gasteiger charge is -2.14. The molecule has 0 bridgehead atoms. The van der Waals surface area contributed by atoms with Gasteiger partial charge >= 0.3 is 0 Å². The van der Waals surface area contributed by atoms with Crippen molar-refractivity contribution >= 4 is 11.8 Å². The molecule has 4 heteroatoms. The largest absolute Gasteiger partial charge is 0.475 e. The molecule has 1 rings (SSSR count). The van der Waals surface area contributed by atoms with Crippen molar-refractivity contribution in [3.63, 3.8) is 0 Å². The van der Waals surface area contributed by atoms with E-state index in [0.717, 1.165) is 5.56 Å². The van der Waals surface area contributed by atoms with Crippen LogP contribution < -0.4 is 4.74 Å². The molecule has 102 valence electrons. The quantitative estimate of drug-likeness (QED) is 0.640. The van der Waals surface area contributed by atoms with Crippen molar-refractivity contribution in [3.05, 3.63) is 41.5 Å². The van der Waals surface area contributed by atoms with Crippen molar-refractivity contribution in [2.45, 2.75) is 33.8 Å². The predicted octanol–water partition coefficient (Wildman–Crippen LogP) is 3.68. The van der Waals surface area contributed by atoms with Crippen molar-refractivity contribution in [1.29, 1.82) is 10.8 Å². The average Bonchev–Trinajstić information content (AvgIpc) is 2.30. The molecule has 0 aliphatic carbocycles. The van der Waals surface area contributed by atoms with E-state index >= 15 is 0 Å². The molecular weight excluding hydrogens is 240 g/mol. The maximum absolute atomic E-state index is 7.92. The van der Waals surface area contributed by atoms with Crippen molar-refractivity contribution in [2.75, 3.05) is 0 Å². The predicted molar refractivity (Wildman–Crippen MR) is 77.4 cm³/mol. The summed E-state index contributed by atoms with van der Waals surface area (Å²) in [6.45, 7) is 11.0. The van der Waals surface area contributed by atoms with Crippen LogP contribution in [0.2, 0.25) is 0 Å². The van der Waals surface area contributed by atoms with Gasteiger partial charge in [0.25, 0.3) is 0 Å². The lowest BCUT2D eigenvalue weighted by atomic mass is 10.1. The fourth-order valence-corrected chi connectivity index (χ4v) is 1.41. The molecule has 0 atom stereocenters. The van der Waals surface area contributed by atoms with Crippen LogP contribution in [0.1, 0.15) is 31.9 Å². The summed E-state index contributed by atoms with van der Waals surface area (Å²) in [5, 5.41) is 15.5. The van der Waals surface area contributed by atoms with E-state index in [1.165, 1.54) is 0 Å². The molecule has 2 N–H and O–H groups in total. The minimum absolute atomic E-state index is 0.0195. The standard InChI is InChI=1S/C15H20N2O2/c1-9(2)14(16)19-12-7-6-11(5)13(8-12)15(17)18-10(3)4/h6-8,10,16-17H,1H2,2-5H3. The Morgan fingerprint density at radius 2 is 1.89 bits per heavy atom. The maximum Gasteiger partial charge on any atom is 0.214 e. The zero-order valence-electron chi connectivity index (χ0n) is 11.8. The van der Waals surface area contributed by atoms with Crippen LogP contribution in [0.4, 0.5) is 0 Å². The first-order chi connectivity index (χ1) is 8.81. The molecule has 4 nitrogen and oxygen atoms in total. The molecule has 0 heterocycles. The van der Waals surface area contributed by atoms with Crippen molar-refractivity contribution in [2.24, 2.45) is 0 Å². The first kappa shape index (κ1) is 15.0. The minimum Gasteiger partial charge on any atom is -0.475 e. The third-order valence-electron chi connectivity index (χ3n) is 2.41. The van der Waals surface area contributed by atoms with E-state index in [1.807, 2.05) is 26.8 Å². The highest BCUT2D eigenvalue weighted by Gasteiger charge is 2.11. The van der Waals surface area contributed by atoms with Crippen LogP contribution in [0.5, 0.6) is 5.75 Å². The molecule has 0 unspecified atom stereocenters. The molecule has 0 fully saturated rings. The molecule has 0 saturated heterocycles. The van der Waals surface area contributed by atoms with Crippen LogP contribution in [-0.2, 0) is 4.74 Å². The van der Waals surface area contributed by atoms with Crippen LogP contribution in [0.25, 0.3) is 0 Å². The first-order valence-electron chi connectivity index (χ1n) is 6.09. The monoisotopic (exact) mass is 260 g/mol. The van der Waals surface area contributed by atoms with Gasteiger partial charge in [0.2, 0.25) is 11.8 Å². The SMILES string of the molecule is C=C(C)C(=N)Oc1ccc(C)c(C(=N)OC(C)C)c1. The molecule has 0 radical (unpaired) electrons. The second kappa shape index (κ2) is 6.18. The Morgan fingerprint density at radius 3 is 2.42 bits per heavy atom. The molecule has 0 aliphatic rings. The van der Waals surface area contributed by atoms with Gasteiger partial charge in [0.15, 0.2) is 0 Å². The highest BCUT2D eigenvalue weighted by molar-refractivity contribution is 5.94. The molecule has 1 aromatic rings. The molecular formula is C15H20N2O2. The van der Waals surface area contributed by atoms with Gasteiger partial charge in [-0.05, 0) is 45.4 Å². The first-order valence-corrected chi connectivity index (χ1v) is 6.09. The van der Waals surface area contributed by atoms with Crippen molar-refractivity contribution < 1.29 is 9.47 Å². The van der Waals surface area contributed by atoms with E-state index in [-0.39, 0.29) is 17.9 Å². The summed E-state index contributed by atoms with van der Waals surface area (Å²) < 4.78 is 10.7. The second-order valence-electron chi connectivity index (χ2n) is 4.68. The van der Waals surface area contributed by atoms with E-state index in [1.54, 1.807) is 19.1 Å². The van der Waals surface area contributed by atoms with E-state index in [0.29, 0.717) is 16.9 Å². The fourth-order valence-electron chi connectivity index (χ4n) is 1.41. The molecule has 0 aliphatic heterocycles. The zero-order valence-corrected chi connectivity index (χ0v) is 11.8. The number of hydrogen-bond acceptors (Lipinski definition) is 4.